The predicted octanol–water partition coefficient (Wildman–Crippen LogP) is 0.868. The molecule has 0 bridgehead atoms. The van der Waals surface area contributed by atoms with E-state index in [1.54, 1.807) is 19.9 Å². The molecule has 1 rings (SSSR count). The molecule has 2 N–H and O–H groups in total. The Balaban J connectivity index is 2.79. The summed E-state index contributed by atoms with van der Waals surface area (Å²) in [5.41, 5.74) is 0.439. The molecule has 6 heteroatoms. The molecular weight excluding hydrogens is 276 g/mol. The minimum absolute atomic E-state index is 0.272. The van der Waals surface area contributed by atoms with Gasteiger partial charge in [-0.15, -0.1) is 0 Å². The standard InChI is InChI=1S/C15H22O6/c1-4-9(2)15(19)21-13(6-5-11(17)10(3)16)12-7-8-14(18)20-12/h4-6,10-13,16-17H,7-8H2,1-3H3. The quantitative estimate of drug-likeness (QED) is 0.429. The minimum atomic E-state index is -1.08. The molecule has 1 heterocycles. The monoisotopic (exact) mass is 298 g/mol. The van der Waals surface area contributed by atoms with Crippen molar-refractivity contribution in [2.45, 2.75) is 58.0 Å². The van der Waals surface area contributed by atoms with E-state index in [2.05, 4.69) is 0 Å². The number of hydrogen-bond donors (Lipinski definition) is 2. The molecule has 0 spiro atoms. The third-order valence-electron chi connectivity index (χ3n) is 3.27. The van der Waals surface area contributed by atoms with Crippen molar-refractivity contribution in [3.05, 3.63) is 23.8 Å². The van der Waals surface area contributed by atoms with Gasteiger partial charge >= 0.3 is 11.9 Å². The van der Waals surface area contributed by atoms with Crippen LogP contribution in [0.4, 0.5) is 0 Å². The van der Waals surface area contributed by atoms with E-state index >= 15 is 0 Å². The first-order chi connectivity index (χ1) is 9.85. The fourth-order valence-electron chi connectivity index (χ4n) is 1.74. The summed E-state index contributed by atoms with van der Waals surface area (Å²) < 4.78 is 10.4. The maximum absolute atomic E-state index is 11.8. The number of rotatable bonds is 6. The highest BCUT2D eigenvalue weighted by Crippen LogP contribution is 2.21. The summed E-state index contributed by atoms with van der Waals surface area (Å²) >= 11 is 0. The van der Waals surface area contributed by atoms with E-state index < -0.39 is 30.4 Å². The summed E-state index contributed by atoms with van der Waals surface area (Å²) in [7, 11) is 0. The fourth-order valence-corrected chi connectivity index (χ4v) is 1.74. The summed E-state index contributed by atoms with van der Waals surface area (Å²) in [6.45, 7) is 4.78. The largest absolute Gasteiger partial charge is 0.458 e. The van der Waals surface area contributed by atoms with E-state index in [0.717, 1.165) is 0 Å². The number of esters is 2. The van der Waals surface area contributed by atoms with Crippen LogP contribution in [0.1, 0.15) is 33.6 Å². The molecule has 118 valence electrons. The van der Waals surface area contributed by atoms with Gasteiger partial charge in [-0.2, -0.15) is 0 Å². The normalized spacial score (nSPS) is 23.8. The molecule has 4 atom stereocenters. The summed E-state index contributed by atoms with van der Waals surface area (Å²) in [6, 6.07) is 0. The molecule has 1 aliphatic rings. The van der Waals surface area contributed by atoms with E-state index in [4.69, 9.17) is 9.47 Å². The van der Waals surface area contributed by atoms with Crippen molar-refractivity contribution < 1.29 is 29.3 Å². The van der Waals surface area contributed by atoms with Crippen LogP contribution in [0.3, 0.4) is 0 Å². The highest BCUT2D eigenvalue weighted by atomic mass is 16.6. The van der Waals surface area contributed by atoms with Crippen molar-refractivity contribution in [3.8, 4) is 0 Å². The molecule has 1 aliphatic heterocycles. The van der Waals surface area contributed by atoms with Crippen molar-refractivity contribution >= 4 is 11.9 Å². The third kappa shape index (κ3) is 5.32. The lowest BCUT2D eigenvalue weighted by atomic mass is 10.1. The topological polar surface area (TPSA) is 93.1 Å². The first-order valence-electron chi connectivity index (χ1n) is 6.93. The van der Waals surface area contributed by atoms with Gasteiger partial charge in [-0.1, -0.05) is 12.2 Å². The van der Waals surface area contributed by atoms with Gasteiger partial charge in [-0.25, -0.2) is 4.79 Å². The zero-order chi connectivity index (χ0) is 16.0. The highest BCUT2D eigenvalue weighted by Gasteiger charge is 2.32. The highest BCUT2D eigenvalue weighted by molar-refractivity contribution is 5.87. The van der Waals surface area contributed by atoms with Crippen LogP contribution in [0.5, 0.6) is 0 Å². The van der Waals surface area contributed by atoms with Gasteiger partial charge in [0.15, 0.2) is 6.10 Å². The summed E-state index contributed by atoms with van der Waals surface area (Å²) in [6.07, 6.45) is 1.74. The average molecular weight is 298 g/mol. The van der Waals surface area contributed by atoms with E-state index in [1.807, 2.05) is 0 Å². The van der Waals surface area contributed by atoms with Gasteiger partial charge in [0.1, 0.15) is 6.10 Å². The number of allylic oxidation sites excluding steroid dienone is 1. The van der Waals surface area contributed by atoms with Crippen LogP contribution in [0.25, 0.3) is 0 Å². The van der Waals surface area contributed by atoms with Crippen molar-refractivity contribution in [1.29, 1.82) is 0 Å². The van der Waals surface area contributed by atoms with Gasteiger partial charge in [0.05, 0.1) is 12.2 Å². The molecule has 0 saturated carbocycles. The Hall–Kier alpha value is -1.66. The third-order valence-corrected chi connectivity index (χ3v) is 3.27. The second-order valence-corrected chi connectivity index (χ2v) is 5.02. The van der Waals surface area contributed by atoms with Crippen LogP contribution >= 0.6 is 0 Å². The van der Waals surface area contributed by atoms with Crippen LogP contribution in [0.15, 0.2) is 23.8 Å². The predicted molar refractivity (Wildman–Crippen MR) is 75.3 cm³/mol. The van der Waals surface area contributed by atoms with E-state index in [1.165, 1.54) is 19.1 Å². The summed E-state index contributed by atoms with van der Waals surface area (Å²) in [4.78, 5) is 23.0. The molecule has 0 aromatic rings. The molecule has 0 aliphatic carbocycles. The van der Waals surface area contributed by atoms with Crippen molar-refractivity contribution in [1.82, 2.24) is 0 Å². The average Bonchev–Trinajstić information content (AvgIpc) is 2.87. The van der Waals surface area contributed by atoms with Gasteiger partial charge in [0.25, 0.3) is 0 Å². The molecule has 0 aromatic heterocycles. The van der Waals surface area contributed by atoms with Gasteiger partial charge in [-0.3, -0.25) is 4.79 Å². The maximum Gasteiger partial charge on any atom is 0.334 e. The Morgan fingerprint density at radius 1 is 1.43 bits per heavy atom. The maximum atomic E-state index is 11.8. The number of hydrogen-bond acceptors (Lipinski definition) is 6. The molecule has 0 aromatic carbocycles. The molecular formula is C15H22O6. The number of aliphatic hydroxyl groups is 2. The van der Waals surface area contributed by atoms with Crippen molar-refractivity contribution in [3.63, 3.8) is 0 Å². The summed E-state index contributed by atoms with van der Waals surface area (Å²) in [5, 5.41) is 18.8. The van der Waals surface area contributed by atoms with E-state index in [0.29, 0.717) is 12.0 Å². The van der Waals surface area contributed by atoms with E-state index in [9.17, 15) is 19.8 Å². The molecule has 4 unspecified atom stereocenters. The first kappa shape index (κ1) is 17.4. The Morgan fingerprint density at radius 3 is 2.57 bits per heavy atom. The zero-order valence-electron chi connectivity index (χ0n) is 12.5. The minimum Gasteiger partial charge on any atom is -0.458 e. The lowest BCUT2D eigenvalue weighted by Gasteiger charge is -2.20. The number of carbonyl (C=O) groups is 2. The van der Waals surface area contributed by atoms with Crippen LogP contribution in [-0.2, 0) is 19.1 Å². The Morgan fingerprint density at radius 2 is 2.10 bits per heavy atom. The van der Waals surface area contributed by atoms with Crippen LogP contribution in [0, 0.1) is 0 Å². The first-order valence-corrected chi connectivity index (χ1v) is 6.93. The lowest BCUT2D eigenvalue weighted by Crippen LogP contribution is -2.31. The molecule has 1 fully saturated rings. The SMILES string of the molecule is CC=C(C)C(=O)OC(C=CC(O)C(C)O)C1CCC(=O)O1. The molecule has 0 amide bonds. The van der Waals surface area contributed by atoms with Crippen LogP contribution < -0.4 is 0 Å². The second-order valence-electron chi connectivity index (χ2n) is 5.02. The Bertz CT molecular complexity index is 437. The molecule has 0 radical (unpaired) electrons. The van der Waals surface area contributed by atoms with Crippen LogP contribution in [-0.4, -0.2) is 46.6 Å². The fraction of sp³-hybridized carbons (Fsp3) is 0.600. The van der Waals surface area contributed by atoms with Gasteiger partial charge in [-0.05, 0) is 33.3 Å². The number of ether oxygens (including phenoxy) is 2. The Kier molecular flexibility index (Phi) is 6.58. The lowest BCUT2D eigenvalue weighted by molar-refractivity contribution is -0.155. The van der Waals surface area contributed by atoms with Crippen LogP contribution in [0.2, 0.25) is 0 Å². The molecule has 21 heavy (non-hydrogen) atoms. The molecule has 1 saturated heterocycles. The smallest absolute Gasteiger partial charge is 0.334 e. The van der Waals surface area contributed by atoms with Gasteiger partial charge < -0.3 is 19.7 Å². The van der Waals surface area contributed by atoms with E-state index in [-0.39, 0.29) is 12.4 Å². The Labute approximate surface area is 124 Å². The van der Waals surface area contributed by atoms with Gasteiger partial charge in [0.2, 0.25) is 0 Å². The van der Waals surface area contributed by atoms with Crippen molar-refractivity contribution in [2.24, 2.45) is 0 Å². The number of cyclic esters (lactones) is 1. The second kappa shape index (κ2) is 7.95. The van der Waals surface area contributed by atoms with Gasteiger partial charge in [0, 0.05) is 12.0 Å². The molecule has 6 nitrogen and oxygen atoms in total. The number of aliphatic hydroxyl groups excluding tert-OH is 2. The van der Waals surface area contributed by atoms with Crippen molar-refractivity contribution in [2.75, 3.05) is 0 Å². The zero-order valence-corrected chi connectivity index (χ0v) is 12.5. The number of carbonyl (C=O) groups excluding carboxylic acids is 2. The summed E-state index contributed by atoms with van der Waals surface area (Å²) in [5.74, 6) is -0.852.